The first-order valence-electron chi connectivity index (χ1n) is 6.46. The molecular formula is C19H22. The van der Waals surface area contributed by atoms with Gasteiger partial charge in [0.1, 0.15) is 0 Å². The molecule has 0 amide bonds. The van der Waals surface area contributed by atoms with E-state index in [9.17, 15) is 0 Å². The Balaban J connectivity index is 0.000000191. The molecule has 0 spiro atoms. The number of hydrogen-bond acceptors (Lipinski definition) is 0. The van der Waals surface area contributed by atoms with Crippen molar-refractivity contribution in [3.05, 3.63) is 83.4 Å². The molecule has 0 atom stereocenters. The zero-order chi connectivity index (χ0) is 14.3. The molecule has 0 fully saturated rings. The summed E-state index contributed by atoms with van der Waals surface area (Å²) in [6.07, 6.45) is 3.75. The average Bonchev–Trinajstić information content (AvgIpc) is 2.40. The third-order valence-corrected chi connectivity index (χ3v) is 3.05. The highest BCUT2D eigenvalue weighted by molar-refractivity contribution is 5.52. The van der Waals surface area contributed by atoms with Gasteiger partial charge in [0, 0.05) is 0 Å². The van der Waals surface area contributed by atoms with Gasteiger partial charge in [0.05, 0.1) is 0 Å². The smallest absolute Gasteiger partial charge is 0.0233 e. The van der Waals surface area contributed by atoms with Crippen LogP contribution in [0.15, 0.2) is 55.6 Å². The monoisotopic (exact) mass is 250 g/mol. The molecule has 0 saturated carbocycles. The minimum atomic E-state index is 1.22. The van der Waals surface area contributed by atoms with Gasteiger partial charge in [-0.25, -0.2) is 0 Å². The maximum atomic E-state index is 3.72. The predicted octanol–water partition coefficient (Wildman–Crippen LogP) is 5.58. The summed E-state index contributed by atoms with van der Waals surface area (Å²) in [4.78, 5) is 0. The van der Waals surface area contributed by atoms with E-state index in [4.69, 9.17) is 0 Å². The van der Waals surface area contributed by atoms with Crippen molar-refractivity contribution in [3.63, 3.8) is 0 Å². The summed E-state index contributed by atoms with van der Waals surface area (Å²) < 4.78 is 0. The molecule has 0 aromatic heterocycles. The highest BCUT2D eigenvalue weighted by Crippen LogP contribution is 2.10. The molecular weight excluding hydrogens is 228 g/mol. The van der Waals surface area contributed by atoms with Crippen LogP contribution in [0.3, 0.4) is 0 Å². The molecule has 2 aromatic carbocycles. The van der Waals surface area contributed by atoms with Crippen molar-refractivity contribution >= 4 is 12.2 Å². The fourth-order valence-corrected chi connectivity index (χ4v) is 1.87. The van der Waals surface area contributed by atoms with Crippen LogP contribution >= 0.6 is 0 Å². The third-order valence-electron chi connectivity index (χ3n) is 3.05. The van der Waals surface area contributed by atoms with E-state index >= 15 is 0 Å². The number of benzene rings is 2. The zero-order valence-electron chi connectivity index (χ0n) is 12.1. The predicted molar refractivity (Wildman–Crippen MR) is 87.3 cm³/mol. The molecule has 19 heavy (non-hydrogen) atoms. The van der Waals surface area contributed by atoms with Crippen LogP contribution in [0, 0.1) is 20.8 Å². The number of aryl methyl sites for hydroxylation is 3. The maximum Gasteiger partial charge on any atom is -0.0233 e. The molecule has 2 rings (SSSR count). The summed E-state index contributed by atoms with van der Waals surface area (Å²) in [5.41, 5.74) is 6.34. The van der Waals surface area contributed by atoms with E-state index in [-0.39, 0.29) is 0 Å². The molecule has 0 radical (unpaired) electrons. The quantitative estimate of drug-likeness (QED) is 0.652. The Kier molecular flexibility index (Phi) is 5.81. The Hall–Kier alpha value is -2.08. The highest BCUT2D eigenvalue weighted by atomic mass is 14.0. The van der Waals surface area contributed by atoms with Crippen LogP contribution in [0.1, 0.15) is 27.8 Å². The highest BCUT2D eigenvalue weighted by Gasteiger charge is 1.91. The topological polar surface area (TPSA) is 0 Å². The van der Waals surface area contributed by atoms with Gasteiger partial charge >= 0.3 is 0 Å². The molecule has 0 heterocycles. The second-order valence-electron chi connectivity index (χ2n) is 4.62. The lowest BCUT2D eigenvalue weighted by molar-refractivity contribution is 1.37. The van der Waals surface area contributed by atoms with Gasteiger partial charge in [0.25, 0.3) is 0 Å². The van der Waals surface area contributed by atoms with E-state index < -0.39 is 0 Å². The fraction of sp³-hybridized carbons (Fsp3) is 0.158. The Bertz CT molecular complexity index is 562. The number of hydrogen-bond donors (Lipinski definition) is 0. The molecule has 98 valence electrons. The SMILES string of the molecule is C=Cc1ccc(C)cc1C.C=Cc1ccccc1C. The summed E-state index contributed by atoms with van der Waals surface area (Å²) in [7, 11) is 0. The number of rotatable bonds is 2. The Labute approximate surface area is 117 Å². The minimum absolute atomic E-state index is 1.22. The maximum absolute atomic E-state index is 3.72. The summed E-state index contributed by atoms with van der Waals surface area (Å²) in [6.45, 7) is 13.7. The van der Waals surface area contributed by atoms with Crippen molar-refractivity contribution in [1.82, 2.24) is 0 Å². The van der Waals surface area contributed by atoms with Crippen molar-refractivity contribution in [2.45, 2.75) is 20.8 Å². The van der Waals surface area contributed by atoms with Gasteiger partial charge in [-0.05, 0) is 43.0 Å². The van der Waals surface area contributed by atoms with Gasteiger partial charge in [-0.2, -0.15) is 0 Å². The lowest BCUT2D eigenvalue weighted by Crippen LogP contribution is -1.80. The molecule has 0 aliphatic carbocycles. The summed E-state index contributed by atoms with van der Waals surface area (Å²) >= 11 is 0. The van der Waals surface area contributed by atoms with Crippen LogP contribution in [-0.4, -0.2) is 0 Å². The van der Waals surface area contributed by atoms with Crippen molar-refractivity contribution < 1.29 is 0 Å². The zero-order valence-corrected chi connectivity index (χ0v) is 12.1. The molecule has 2 aromatic rings. The average molecular weight is 250 g/mol. The first-order valence-corrected chi connectivity index (χ1v) is 6.46. The van der Waals surface area contributed by atoms with Crippen molar-refractivity contribution in [2.75, 3.05) is 0 Å². The molecule has 0 unspecified atom stereocenters. The van der Waals surface area contributed by atoms with Gasteiger partial charge in [0.15, 0.2) is 0 Å². The summed E-state index contributed by atoms with van der Waals surface area (Å²) in [5, 5.41) is 0. The van der Waals surface area contributed by atoms with E-state index in [1.807, 2.05) is 24.3 Å². The fourth-order valence-electron chi connectivity index (χ4n) is 1.87. The van der Waals surface area contributed by atoms with E-state index in [0.717, 1.165) is 0 Å². The van der Waals surface area contributed by atoms with Crippen LogP contribution in [0.4, 0.5) is 0 Å². The van der Waals surface area contributed by atoms with Gasteiger partial charge in [-0.15, -0.1) is 0 Å². The largest absolute Gasteiger partial charge is 0.0985 e. The summed E-state index contributed by atoms with van der Waals surface area (Å²) in [6, 6.07) is 14.5. The molecule has 0 N–H and O–H groups in total. The third kappa shape index (κ3) is 4.59. The van der Waals surface area contributed by atoms with Crippen LogP contribution in [0.2, 0.25) is 0 Å². The van der Waals surface area contributed by atoms with Gasteiger partial charge in [-0.1, -0.05) is 73.3 Å². The Morgan fingerprint density at radius 3 is 1.79 bits per heavy atom. The lowest BCUT2D eigenvalue weighted by Gasteiger charge is -1.99. The molecule has 0 heteroatoms. The van der Waals surface area contributed by atoms with E-state index in [1.165, 1.54) is 27.8 Å². The van der Waals surface area contributed by atoms with Crippen LogP contribution in [0.25, 0.3) is 12.2 Å². The molecule has 0 nitrogen and oxygen atoms in total. The molecule has 0 saturated heterocycles. The van der Waals surface area contributed by atoms with Gasteiger partial charge in [0.2, 0.25) is 0 Å². The molecule has 0 aliphatic rings. The molecule has 0 bridgehead atoms. The van der Waals surface area contributed by atoms with E-state index in [2.05, 4.69) is 64.3 Å². The van der Waals surface area contributed by atoms with Gasteiger partial charge < -0.3 is 0 Å². The van der Waals surface area contributed by atoms with Crippen LogP contribution < -0.4 is 0 Å². The van der Waals surface area contributed by atoms with E-state index in [0.29, 0.717) is 0 Å². The minimum Gasteiger partial charge on any atom is -0.0985 e. The normalized spacial score (nSPS) is 9.21. The lowest BCUT2D eigenvalue weighted by atomic mass is 10.1. The second kappa shape index (κ2) is 7.38. The Morgan fingerprint density at radius 2 is 1.32 bits per heavy atom. The first kappa shape index (κ1) is 15.0. The summed E-state index contributed by atoms with van der Waals surface area (Å²) in [5.74, 6) is 0. The van der Waals surface area contributed by atoms with Crippen molar-refractivity contribution in [3.8, 4) is 0 Å². The van der Waals surface area contributed by atoms with Gasteiger partial charge in [-0.3, -0.25) is 0 Å². The van der Waals surface area contributed by atoms with Crippen molar-refractivity contribution in [1.29, 1.82) is 0 Å². The first-order chi connectivity index (χ1) is 9.08. The van der Waals surface area contributed by atoms with Crippen LogP contribution in [-0.2, 0) is 0 Å². The van der Waals surface area contributed by atoms with E-state index in [1.54, 1.807) is 0 Å². The van der Waals surface area contributed by atoms with Crippen molar-refractivity contribution in [2.24, 2.45) is 0 Å². The second-order valence-corrected chi connectivity index (χ2v) is 4.62. The standard InChI is InChI=1S/C10H12.C9H10/c1-4-10-6-5-8(2)7-9(10)3;1-3-9-7-5-4-6-8(9)2/h4-7H,1H2,2-3H3;3-7H,1H2,2H3. The molecule has 0 aliphatic heterocycles. The Morgan fingerprint density at radius 1 is 0.737 bits per heavy atom. The van der Waals surface area contributed by atoms with Crippen LogP contribution in [0.5, 0.6) is 0 Å².